The molecule has 0 saturated carbocycles. The van der Waals surface area contributed by atoms with Gasteiger partial charge in [-0.05, 0) is 42.3 Å². The molecule has 0 bridgehead atoms. The normalized spacial score (nSPS) is 12.5. The molecule has 0 fully saturated rings. The zero-order valence-electron chi connectivity index (χ0n) is 28.2. The van der Waals surface area contributed by atoms with E-state index in [9.17, 15) is 69.9 Å². The van der Waals surface area contributed by atoms with Gasteiger partial charge in [0.2, 0.25) is 50.0 Å². The summed E-state index contributed by atoms with van der Waals surface area (Å²) in [6.45, 7) is 3.37. The fourth-order valence-electron chi connectivity index (χ4n) is 5.64. The number of halogens is 18. The zero-order valence-corrected chi connectivity index (χ0v) is 29.1. The molecule has 59 heavy (non-hydrogen) atoms. The predicted octanol–water partition coefficient (Wildman–Crippen LogP) is 12.1. The van der Waals surface area contributed by atoms with E-state index in [4.69, 9.17) is 0 Å². The number of ether oxygens (including phenoxy) is 2. The molecule has 0 heterocycles. The number of rotatable bonds is 9. The Balaban J connectivity index is 1.56. The second-order valence-electron chi connectivity index (χ2n) is 11.8. The number of alkyl halides is 6. The maximum Gasteiger partial charge on any atom is 0.411 e. The van der Waals surface area contributed by atoms with Crippen molar-refractivity contribution in [3.8, 4) is 23.0 Å². The molecular weight excluding hydrogens is 870 g/mol. The van der Waals surface area contributed by atoms with Gasteiger partial charge >= 0.3 is 12.4 Å². The first-order valence-corrected chi connectivity index (χ1v) is 16.8. The fraction of sp³-hybridized carbons (Fsp3) is 0.111. The van der Waals surface area contributed by atoms with Crippen molar-refractivity contribution in [3.05, 3.63) is 147 Å². The predicted molar refractivity (Wildman–Crippen MR) is 165 cm³/mol. The number of hydrogen-bond donors (Lipinski definition) is 0. The molecule has 314 valence electrons. The van der Waals surface area contributed by atoms with Crippen LogP contribution < -0.4 is 9.47 Å². The van der Waals surface area contributed by atoms with E-state index in [-0.39, 0.29) is 36.4 Å². The third-order valence-corrected chi connectivity index (χ3v) is 10.3. The first kappa shape index (κ1) is 44.2. The SMILES string of the molecule is C=Cc1c(F)c(F)c(Oc2ccc(C(c3ccc(Oc4c(F)c(F)c(S(=O)(=O)c5c(F)c(F)c(C)c(F)c5F)c(F)c4F)cc3)(C(F)(F)F)C(F)(F)F)cc2)c(F)c1F. The highest BCUT2D eigenvalue weighted by atomic mass is 32.2. The highest BCUT2D eigenvalue weighted by Crippen LogP contribution is 2.56. The Morgan fingerprint density at radius 3 is 1.05 bits per heavy atom. The Hall–Kier alpha value is -5.87. The summed E-state index contributed by atoms with van der Waals surface area (Å²) >= 11 is 0. The Morgan fingerprint density at radius 2 is 0.763 bits per heavy atom. The lowest BCUT2D eigenvalue weighted by atomic mass is 9.73. The summed E-state index contributed by atoms with van der Waals surface area (Å²) in [5.41, 5.74) is -11.2. The van der Waals surface area contributed by atoms with Crippen LogP contribution in [0.15, 0.2) is 64.9 Å². The van der Waals surface area contributed by atoms with Gasteiger partial charge in [0.05, 0.1) is 5.56 Å². The van der Waals surface area contributed by atoms with Crippen LogP contribution in [0.25, 0.3) is 6.08 Å². The molecule has 0 amide bonds. The van der Waals surface area contributed by atoms with Crippen LogP contribution in [0.4, 0.5) is 79.0 Å². The molecule has 23 heteroatoms. The van der Waals surface area contributed by atoms with Crippen LogP contribution in [0.2, 0.25) is 0 Å². The van der Waals surface area contributed by atoms with E-state index in [0.717, 1.165) is 0 Å². The maximum absolute atomic E-state index is 15.1. The van der Waals surface area contributed by atoms with Gasteiger partial charge in [-0.15, -0.1) is 0 Å². The summed E-state index contributed by atoms with van der Waals surface area (Å²) in [5, 5.41) is 0. The van der Waals surface area contributed by atoms with Crippen LogP contribution in [0.3, 0.4) is 0 Å². The molecule has 0 N–H and O–H groups in total. The molecule has 0 unspecified atom stereocenters. The van der Waals surface area contributed by atoms with Gasteiger partial charge in [-0.2, -0.15) is 43.9 Å². The zero-order chi connectivity index (χ0) is 44.5. The lowest BCUT2D eigenvalue weighted by molar-refractivity contribution is -0.288. The lowest BCUT2D eigenvalue weighted by Gasteiger charge is -2.38. The average molecular weight is 885 g/mol. The van der Waals surface area contributed by atoms with Crippen molar-refractivity contribution in [1.82, 2.24) is 0 Å². The van der Waals surface area contributed by atoms with Gasteiger partial charge in [0.15, 0.2) is 46.5 Å². The maximum atomic E-state index is 15.1. The summed E-state index contributed by atoms with van der Waals surface area (Å²) in [6.07, 6.45) is -12.3. The second kappa shape index (κ2) is 15.1. The minimum absolute atomic E-state index is 0.00835. The van der Waals surface area contributed by atoms with Crippen LogP contribution in [-0.4, -0.2) is 20.8 Å². The molecule has 0 spiro atoms. The van der Waals surface area contributed by atoms with E-state index in [1.54, 1.807) is 0 Å². The number of sulfone groups is 1. The van der Waals surface area contributed by atoms with E-state index in [1.165, 1.54) is 0 Å². The van der Waals surface area contributed by atoms with Gasteiger partial charge in [0.25, 0.3) is 0 Å². The Morgan fingerprint density at radius 1 is 0.475 bits per heavy atom. The van der Waals surface area contributed by atoms with Gasteiger partial charge in [-0.1, -0.05) is 36.9 Å². The third kappa shape index (κ3) is 6.87. The Bertz CT molecular complexity index is 2540. The third-order valence-electron chi connectivity index (χ3n) is 8.49. The number of hydrogen-bond acceptors (Lipinski definition) is 4. The summed E-state index contributed by atoms with van der Waals surface area (Å²) in [5.74, 6) is -36.5. The van der Waals surface area contributed by atoms with Gasteiger partial charge in [0, 0.05) is 5.56 Å². The first-order valence-electron chi connectivity index (χ1n) is 15.3. The summed E-state index contributed by atoms with van der Waals surface area (Å²) < 4.78 is 297. The van der Waals surface area contributed by atoms with Crippen molar-refractivity contribution in [2.45, 2.75) is 34.5 Å². The van der Waals surface area contributed by atoms with Crippen molar-refractivity contribution in [2.75, 3.05) is 0 Å². The molecule has 4 nitrogen and oxygen atoms in total. The fourth-order valence-corrected chi connectivity index (χ4v) is 7.14. The van der Waals surface area contributed by atoms with E-state index < -0.39 is 152 Å². The molecule has 0 aliphatic heterocycles. The molecule has 0 saturated heterocycles. The van der Waals surface area contributed by atoms with Crippen molar-refractivity contribution < 1.29 is 96.9 Å². The van der Waals surface area contributed by atoms with E-state index in [1.807, 2.05) is 0 Å². The Kier molecular flexibility index (Phi) is 11.3. The minimum atomic E-state index is -6.57. The van der Waals surface area contributed by atoms with Crippen molar-refractivity contribution in [1.29, 1.82) is 0 Å². The largest absolute Gasteiger partial charge is 0.451 e. The molecule has 0 atom stereocenters. The Labute approximate surface area is 317 Å². The van der Waals surface area contributed by atoms with Crippen molar-refractivity contribution in [3.63, 3.8) is 0 Å². The highest BCUT2D eigenvalue weighted by molar-refractivity contribution is 7.91. The minimum Gasteiger partial charge on any atom is -0.451 e. The van der Waals surface area contributed by atoms with Crippen LogP contribution in [0, 0.1) is 76.7 Å². The molecule has 0 aliphatic carbocycles. The van der Waals surface area contributed by atoms with Crippen molar-refractivity contribution >= 4 is 15.9 Å². The first-order chi connectivity index (χ1) is 27.2. The molecule has 5 aromatic rings. The smallest absolute Gasteiger partial charge is 0.411 e. The molecule has 5 aromatic carbocycles. The standard InChI is InChI=1S/C36H14F18O4S/c1-3-17-20(39)22(41)30(23(42)21(17)40)57-15-8-4-13(5-9-15)34(35(49,50)51,36(52,53)54)14-6-10-16(11-7-14)58-31-24(43)28(47)33(29(48)25(31)44)59(55,56)32-26(45)18(37)12(2)19(38)27(32)46/h3-11H,1H2,2H3. The monoisotopic (exact) mass is 884 g/mol. The summed E-state index contributed by atoms with van der Waals surface area (Å²) in [6, 6.07) is 1.03. The second-order valence-corrected chi connectivity index (χ2v) is 13.7. The van der Waals surface area contributed by atoms with Gasteiger partial charge in [0.1, 0.15) is 21.3 Å². The molecule has 0 radical (unpaired) electrons. The topological polar surface area (TPSA) is 52.6 Å². The van der Waals surface area contributed by atoms with Crippen LogP contribution in [0.1, 0.15) is 22.3 Å². The van der Waals surface area contributed by atoms with Crippen LogP contribution in [0.5, 0.6) is 23.0 Å². The van der Waals surface area contributed by atoms with Crippen LogP contribution >= 0.6 is 0 Å². The van der Waals surface area contributed by atoms with E-state index in [0.29, 0.717) is 25.1 Å². The molecule has 5 rings (SSSR count). The van der Waals surface area contributed by atoms with Gasteiger partial charge in [-0.25, -0.2) is 43.5 Å². The van der Waals surface area contributed by atoms with Gasteiger partial charge in [-0.3, -0.25) is 0 Å². The quantitative estimate of drug-likeness (QED) is 0.109. The van der Waals surface area contributed by atoms with E-state index in [2.05, 4.69) is 16.1 Å². The molecular formula is C36H14F18O4S. The lowest BCUT2D eigenvalue weighted by Crippen LogP contribution is -2.54. The van der Waals surface area contributed by atoms with Crippen molar-refractivity contribution in [2.24, 2.45) is 0 Å². The summed E-state index contributed by atoms with van der Waals surface area (Å²) in [7, 11) is -6.57. The molecule has 0 aromatic heterocycles. The number of benzene rings is 5. The average Bonchev–Trinajstić information content (AvgIpc) is 3.15. The summed E-state index contributed by atoms with van der Waals surface area (Å²) in [4.78, 5) is -5.56. The molecule has 0 aliphatic rings. The van der Waals surface area contributed by atoms with Gasteiger partial charge < -0.3 is 9.47 Å². The van der Waals surface area contributed by atoms with Crippen LogP contribution in [-0.2, 0) is 15.3 Å². The van der Waals surface area contributed by atoms with E-state index >= 15 is 17.6 Å². The highest BCUT2D eigenvalue weighted by Gasteiger charge is 2.72.